The van der Waals surface area contributed by atoms with Crippen molar-refractivity contribution in [3.8, 4) is 5.75 Å². The maximum Gasteiger partial charge on any atom is 0.264 e. The Kier molecular flexibility index (Phi) is 8.53. The molecule has 0 heterocycles. The molecule has 184 valence electrons. The van der Waals surface area contributed by atoms with E-state index in [0.29, 0.717) is 17.3 Å². The van der Waals surface area contributed by atoms with Crippen LogP contribution in [-0.2, 0) is 14.8 Å². The average molecular weight is 514 g/mol. The van der Waals surface area contributed by atoms with Gasteiger partial charge in [0.05, 0.1) is 22.9 Å². The molecule has 0 saturated carbocycles. The number of anilines is 1. The van der Waals surface area contributed by atoms with Gasteiger partial charge in [0.1, 0.15) is 12.3 Å². The van der Waals surface area contributed by atoms with Crippen molar-refractivity contribution in [2.24, 2.45) is 5.10 Å². The Labute approximate surface area is 211 Å². The molecular formula is C26H28ClN3O4S. The molecule has 1 amide bonds. The summed E-state index contributed by atoms with van der Waals surface area (Å²) in [5, 5.41) is 4.54. The van der Waals surface area contributed by atoms with Crippen LogP contribution in [0.3, 0.4) is 0 Å². The molecule has 0 aliphatic heterocycles. The van der Waals surface area contributed by atoms with Crippen molar-refractivity contribution in [1.82, 2.24) is 5.43 Å². The Bertz CT molecular complexity index is 1320. The van der Waals surface area contributed by atoms with E-state index >= 15 is 0 Å². The number of nitrogens with zero attached hydrogens (tertiary/aromatic N) is 2. The predicted octanol–water partition coefficient (Wildman–Crippen LogP) is 5.09. The van der Waals surface area contributed by atoms with Gasteiger partial charge in [0.2, 0.25) is 0 Å². The quantitative estimate of drug-likeness (QED) is 0.319. The minimum absolute atomic E-state index is 0.0710. The molecule has 0 radical (unpaired) electrons. The number of sulfonamides is 1. The molecule has 0 aromatic heterocycles. The fraction of sp³-hybridized carbons (Fsp3) is 0.231. The fourth-order valence-corrected chi connectivity index (χ4v) is 4.81. The Balaban J connectivity index is 1.85. The second kappa shape index (κ2) is 11.4. The lowest BCUT2D eigenvalue weighted by atomic mass is 10.1. The molecule has 1 N–H and O–H groups in total. The number of hydrazone groups is 1. The number of carbonyl (C=O) groups is 1. The summed E-state index contributed by atoms with van der Waals surface area (Å²) in [5.41, 5.74) is 5.81. The van der Waals surface area contributed by atoms with E-state index < -0.39 is 22.5 Å². The van der Waals surface area contributed by atoms with Gasteiger partial charge in [0, 0.05) is 5.02 Å². The van der Waals surface area contributed by atoms with Crippen LogP contribution in [0.15, 0.2) is 76.7 Å². The molecule has 0 aliphatic rings. The topological polar surface area (TPSA) is 88.1 Å². The highest BCUT2D eigenvalue weighted by molar-refractivity contribution is 7.92. The third-order valence-electron chi connectivity index (χ3n) is 5.27. The number of amides is 1. The molecule has 3 rings (SSSR count). The van der Waals surface area contributed by atoms with Crippen molar-refractivity contribution in [1.29, 1.82) is 0 Å². The van der Waals surface area contributed by atoms with Crippen LogP contribution in [-0.4, -0.2) is 33.2 Å². The number of rotatable bonds is 9. The van der Waals surface area contributed by atoms with Gasteiger partial charge in [-0.2, -0.15) is 5.10 Å². The lowest BCUT2D eigenvalue weighted by Crippen LogP contribution is -2.39. The van der Waals surface area contributed by atoms with E-state index in [-0.39, 0.29) is 10.6 Å². The van der Waals surface area contributed by atoms with Crippen molar-refractivity contribution in [2.45, 2.75) is 32.6 Å². The molecule has 0 saturated heterocycles. The van der Waals surface area contributed by atoms with Gasteiger partial charge in [-0.15, -0.1) is 0 Å². The third kappa shape index (κ3) is 6.61. The highest BCUT2D eigenvalue weighted by atomic mass is 35.5. The van der Waals surface area contributed by atoms with Gasteiger partial charge >= 0.3 is 0 Å². The van der Waals surface area contributed by atoms with Crippen LogP contribution in [0.25, 0.3) is 0 Å². The zero-order chi connectivity index (χ0) is 25.6. The van der Waals surface area contributed by atoms with Crippen LogP contribution in [0.4, 0.5) is 5.69 Å². The van der Waals surface area contributed by atoms with E-state index in [1.165, 1.54) is 18.2 Å². The number of nitrogens with one attached hydrogen (secondary N) is 1. The van der Waals surface area contributed by atoms with Crippen LogP contribution in [0.2, 0.25) is 5.02 Å². The summed E-state index contributed by atoms with van der Waals surface area (Å²) in [4.78, 5) is 12.9. The number of benzene rings is 3. The second-order valence-electron chi connectivity index (χ2n) is 7.95. The zero-order valence-electron chi connectivity index (χ0n) is 20.1. The summed E-state index contributed by atoms with van der Waals surface area (Å²) < 4.78 is 33.4. The molecule has 3 aromatic carbocycles. The fourth-order valence-electron chi connectivity index (χ4n) is 3.22. The SMILES string of the molecule is CCOc1ccc(/C(C)=N\NC(=O)CN(c2ccc(C)c(Cl)c2)S(=O)(=O)c2ccc(C)cc2)cc1. The summed E-state index contributed by atoms with van der Waals surface area (Å²) in [6.07, 6.45) is 0. The number of aryl methyl sites for hydroxylation is 2. The van der Waals surface area contributed by atoms with E-state index in [4.69, 9.17) is 16.3 Å². The van der Waals surface area contributed by atoms with E-state index in [1.807, 2.05) is 45.0 Å². The van der Waals surface area contributed by atoms with Gasteiger partial charge in [0.15, 0.2) is 0 Å². The smallest absolute Gasteiger partial charge is 0.264 e. The summed E-state index contributed by atoms with van der Waals surface area (Å²) in [6, 6.07) is 18.6. The van der Waals surface area contributed by atoms with E-state index in [2.05, 4.69) is 10.5 Å². The van der Waals surface area contributed by atoms with Gasteiger partial charge in [-0.05, 0) is 87.4 Å². The lowest BCUT2D eigenvalue weighted by Gasteiger charge is -2.24. The molecular weight excluding hydrogens is 486 g/mol. The second-order valence-corrected chi connectivity index (χ2v) is 10.2. The largest absolute Gasteiger partial charge is 0.494 e. The summed E-state index contributed by atoms with van der Waals surface area (Å²) in [5.74, 6) is 0.143. The van der Waals surface area contributed by atoms with Crippen LogP contribution in [0.5, 0.6) is 5.75 Å². The van der Waals surface area contributed by atoms with Gasteiger partial charge in [0.25, 0.3) is 15.9 Å². The molecule has 9 heteroatoms. The van der Waals surface area contributed by atoms with Crippen molar-refractivity contribution < 1.29 is 17.9 Å². The Hall–Kier alpha value is -3.36. The molecule has 7 nitrogen and oxygen atoms in total. The molecule has 0 spiro atoms. The minimum atomic E-state index is -4.05. The van der Waals surface area contributed by atoms with Gasteiger partial charge in [-0.3, -0.25) is 9.10 Å². The normalized spacial score (nSPS) is 11.7. The Morgan fingerprint density at radius 1 is 1.03 bits per heavy atom. The Morgan fingerprint density at radius 3 is 2.29 bits per heavy atom. The maximum absolute atomic E-state index is 13.5. The molecule has 0 unspecified atom stereocenters. The number of hydrogen-bond donors (Lipinski definition) is 1. The van der Waals surface area contributed by atoms with Crippen molar-refractivity contribution in [2.75, 3.05) is 17.5 Å². The van der Waals surface area contributed by atoms with Crippen LogP contribution in [0, 0.1) is 13.8 Å². The number of halogens is 1. The molecule has 3 aromatic rings. The van der Waals surface area contributed by atoms with Crippen LogP contribution < -0.4 is 14.5 Å². The number of carbonyl (C=O) groups excluding carboxylic acids is 1. The van der Waals surface area contributed by atoms with Crippen LogP contribution >= 0.6 is 11.6 Å². The molecule has 0 bridgehead atoms. The van der Waals surface area contributed by atoms with Gasteiger partial charge in [-0.1, -0.05) is 35.4 Å². The first kappa shape index (κ1) is 26.2. The zero-order valence-corrected chi connectivity index (χ0v) is 21.7. The number of ether oxygens (including phenoxy) is 1. The Morgan fingerprint density at radius 2 is 1.69 bits per heavy atom. The first-order valence-electron chi connectivity index (χ1n) is 11.0. The standard InChI is InChI=1S/C26H28ClN3O4S/c1-5-34-23-12-9-21(10-13-23)20(4)28-29-26(31)17-30(22-11-8-19(3)25(27)16-22)35(32,33)24-14-6-18(2)7-15-24/h6-16H,5,17H2,1-4H3,(H,29,31)/b28-20-. The van der Waals surface area contributed by atoms with E-state index in [1.54, 1.807) is 31.2 Å². The van der Waals surface area contributed by atoms with Crippen LogP contribution in [0.1, 0.15) is 30.5 Å². The first-order valence-corrected chi connectivity index (χ1v) is 12.9. The molecule has 35 heavy (non-hydrogen) atoms. The van der Waals surface area contributed by atoms with Gasteiger partial charge in [-0.25, -0.2) is 13.8 Å². The van der Waals surface area contributed by atoms with Crippen molar-refractivity contribution in [3.05, 3.63) is 88.4 Å². The lowest BCUT2D eigenvalue weighted by molar-refractivity contribution is -0.119. The predicted molar refractivity (Wildman–Crippen MR) is 140 cm³/mol. The monoisotopic (exact) mass is 513 g/mol. The highest BCUT2D eigenvalue weighted by Gasteiger charge is 2.27. The summed E-state index contributed by atoms with van der Waals surface area (Å²) in [7, 11) is -4.05. The number of hydrogen-bond acceptors (Lipinski definition) is 5. The molecule has 0 fully saturated rings. The van der Waals surface area contributed by atoms with Gasteiger partial charge < -0.3 is 4.74 Å². The summed E-state index contributed by atoms with van der Waals surface area (Å²) >= 11 is 6.26. The van der Waals surface area contributed by atoms with E-state index in [0.717, 1.165) is 26.7 Å². The third-order valence-corrected chi connectivity index (χ3v) is 7.47. The average Bonchev–Trinajstić information content (AvgIpc) is 2.83. The van der Waals surface area contributed by atoms with Crippen molar-refractivity contribution in [3.63, 3.8) is 0 Å². The molecule has 0 atom stereocenters. The van der Waals surface area contributed by atoms with Crippen molar-refractivity contribution >= 4 is 38.9 Å². The maximum atomic E-state index is 13.5. The summed E-state index contributed by atoms with van der Waals surface area (Å²) in [6.45, 7) is 7.42. The minimum Gasteiger partial charge on any atom is -0.494 e. The van der Waals surface area contributed by atoms with E-state index in [9.17, 15) is 13.2 Å². The molecule has 0 aliphatic carbocycles. The first-order chi connectivity index (χ1) is 16.6. The highest BCUT2D eigenvalue weighted by Crippen LogP contribution is 2.28.